The Labute approximate surface area is 130 Å². The zero-order valence-corrected chi connectivity index (χ0v) is 13.4. The molecule has 0 unspecified atom stereocenters. The van der Waals surface area contributed by atoms with Gasteiger partial charge in [-0.05, 0) is 37.1 Å². The minimum atomic E-state index is -4.33. The number of aryl methyl sites for hydroxylation is 2. The fourth-order valence-electron chi connectivity index (χ4n) is 2.31. The number of rotatable bonds is 5. The Morgan fingerprint density at radius 2 is 1.95 bits per heavy atom. The SMILES string of the molecule is C=CCOc1cc(C)ccc1-c1c(C)cccc1S(=O)(=O)O. The molecule has 0 bridgehead atoms. The summed E-state index contributed by atoms with van der Waals surface area (Å²) >= 11 is 0. The van der Waals surface area contributed by atoms with Crippen molar-refractivity contribution in [3.05, 3.63) is 60.2 Å². The third-order valence-corrected chi connectivity index (χ3v) is 4.17. The minimum Gasteiger partial charge on any atom is -0.489 e. The highest BCUT2D eigenvalue weighted by atomic mass is 32.2. The van der Waals surface area contributed by atoms with Gasteiger partial charge in [-0.25, -0.2) is 0 Å². The molecule has 0 fully saturated rings. The molecule has 0 saturated carbocycles. The summed E-state index contributed by atoms with van der Waals surface area (Å²) in [6.07, 6.45) is 1.62. The minimum absolute atomic E-state index is 0.125. The van der Waals surface area contributed by atoms with Crippen molar-refractivity contribution in [1.29, 1.82) is 0 Å². The average Bonchev–Trinajstić information content (AvgIpc) is 2.44. The molecule has 116 valence electrons. The van der Waals surface area contributed by atoms with Crippen molar-refractivity contribution >= 4 is 10.1 Å². The number of hydrogen-bond donors (Lipinski definition) is 1. The highest BCUT2D eigenvalue weighted by Crippen LogP contribution is 2.37. The fourth-order valence-corrected chi connectivity index (χ4v) is 3.08. The van der Waals surface area contributed by atoms with Crippen LogP contribution in [0.25, 0.3) is 11.1 Å². The molecule has 0 radical (unpaired) electrons. The van der Waals surface area contributed by atoms with Crippen molar-refractivity contribution < 1.29 is 17.7 Å². The van der Waals surface area contributed by atoms with E-state index in [2.05, 4.69) is 6.58 Å². The molecule has 0 aliphatic heterocycles. The van der Waals surface area contributed by atoms with E-state index in [0.717, 1.165) is 11.1 Å². The van der Waals surface area contributed by atoms with E-state index in [1.54, 1.807) is 31.2 Å². The van der Waals surface area contributed by atoms with E-state index in [-0.39, 0.29) is 4.90 Å². The molecule has 2 aromatic rings. The molecule has 5 heteroatoms. The van der Waals surface area contributed by atoms with Crippen molar-refractivity contribution in [2.75, 3.05) is 6.61 Å². The second-order valence-electron chi connectivity index (χ2n) is 5.02. The molecule has 0 amide bonds. The number of hydrogen-bond acceptors (Lipinski definition) is 3. The monoisotopic (exact) mass is 318 g/mol. The summed E-state index contributed by atoms with van der Waals surface area (Å²) in [4.78, 5) is -0.125. The molecule has 0 atom stereocenters. The maximum absolute atomic E-state index is 11.7. The fraction of sp³-hybridized carbons (Fsp3) is 0.176. The summed E-state index contributed by atoms with van der Waals surface area (Å²) in [7, 11) is -4.33. The van der Waals surface area contributed by atoms with Crippen LogP contribution in [0, 0.1) is 13.8 Å². The van der Waals surface area contributed by atoms with E-state index >= 15 is 0 Å². The maximum Gasteiger partial charge on any atom is 0.295 e. The van der Waals surface area contributed by atoms with Gasteiger partial charge in [-0.15, -0.1) is 0 Å². The van der Waals surface area contributed by atoms with Crippen molar-refractivity contribution in [2.45, 2.75) is 18.7 Å². The Morgan fingerprint density at radius 1 is 1.23 bits per heavy atom. The number of benzene rings is 2. The van der Waals surface area contributed by atoms with Gasteiger partial charge in [0, 0.05) is 11.1 Å². The highest BCUT2D eigenvalue weighted by molar-refractivity contribution is 7.86. The molecule has 0 aromatic heterocycles. The Balaban J connectivity index is 2.74. The molecule has 1 N–H and O–H groups in total. The van der Waals surface area contributed by atoms with Gasteiger partial charge >= 0.3 is 0 Å². The smallest absolute Gasteiger partial charge is 0.295 e. The predicted molar refractivity (Wildman–Crippen MR) is 86.9 cm³/mol. The summed E-state index contributed by atoms with van der Waals surface area (Å²) in [5.74, 6) is 0.555. The van der Waals surface area contributed by atoms with Crippen LogP contribution < -0.4 is 4.74 Å². The van der Waals surface area contributed by atoms with Crippen LogP contribution in [-0.2, 0) is 10.1 Å². The second kappa shape index (κ2) is 6.34. The van der Waals surface area contributed by atoms with E-state index < -0.39 is 10.1 Å². The molecular formula is C17H18O4S. The lowest BCUT2D eigenvalue weighted by molar-refractivity contribution is 0.364. The van der Waals surface area contributed by atoms with Crippen molar-refractivity contribution in [2.24, 2.45) is 0 Å². The van der Waals surface area contributed by atoms with Gasteiger partial charge in [0.2, 0.25) is 0 Å². The molecule has 0 heterocycles. The van der Waals surface area contributed by atoms with Crippen molar-refractivity contribution in [3.8, 4) is 16.9 Å². The first-order valence-corrected chi connectivity index (χ1v) is 8.20. The van der Waals surface area contributed by atoms with Crippen LogP contribution in [0.5, 0.6) is 5.75 Å². The lowest BCUT2D eigenvalue weighted by atomic mass is 9.98. The molecule has 0 aliphatic carbocycles. The van der Waals surface area contributed by atoms with Crippen LogP contribution >= 0.6 is 0 Å². The van der Waals surface area contributed by atoms with Gasteiger partial charge in [0.15, 0.2) is 0 Å². The van der Waals surface area contributed by atoms with Gasteiger partial charge in [-0.2, -0.15) is 8.42 Å². The molecule has 4 nitrogen and oxygen atoms in total. The van der Waals surface area contributed by atoms with Crippen LogP contribution in [0.2, 0.25) is 0 Å². The average molecular weight is 318 g/mol. The topological polar surface area (TPSA) is 63.6 Å². The Hall–Kier alpha value is -2.11. The van der Waals surface area contributed by atoms with Crippen LogP contribution in [0.1, 0.15) is 11.1 Å². The normalized spacial score (nSPS) is 11.2. The van der Waals surface area contributed by atoms with Gasteiger partial charge in [0.05, 0.1) is 0 Å². The van der Waals surface area contributed by atoms with Gasteiger partial charge in [0.1, 0.15) is 17.3 Å². The van der Waals surface area contributed by atoms with Gasteiger partial charge < -0.3 is 4.74 Å². The Morgan fingerprint density at radius 3 is 2.59 bits per heavy atom. The van der Waals surface area contributed by atoms with Crippen molar-refractivity contribution in [1.82, 2.24) is 0 Å². The maximum atomic E-state index is 11.7. The number of ether oxygens (including phenoxy) is 1. The van der Waals surface area contributed by atoms with Crippen LogP contribution in [0.15, 0.2) is 53.9 Å². The van der Waals surface area contributed by atoms with E-state index in [0.29, 0.717) is 23.5 Å². The van der Waals surface area contributed by atoms with E-state index in [9.17, 15) is 13.0 Å². The first kappa shape index (κ1) is 16.3. The molecule has 0 spiro atoms. The van der Waals surface area contributed by atoms with Crippen LogP contribution in [-0.4, -0.2) is 19.6 Å². The zero-order chi connectivity index (χ0) is 16.3. The Kier molecular flexibility index (Phi) is 4.68. The standard InChI is InChI=1S/C17H18O4S/c1-4-10-21-15-11-12(2)8-9-14(15)17-13(3)6-5-7-16(17)22(18,19)20/h4-9,11H,1,10H2,2-3H3,(H,18,19,20). The van der Waals surface area contributed by atoms with Crippen LogP contribution in [0.4, 0.5) is 0 Å². The van der Waals surface area contributed by atoms with Gasteiger partial charge in [-0.3, -0.25) is 4.55 Å². The molecule has 0 aliphatic rings. The molecular weight excluding hydrogens is 300 g/mol. The van der Waals surface area contributed by atoms with Crippen LogP contribution in [0.3, 0.4) is 0 Å². The lowest BCUT2D eigenvalue weighted by Crippen LogP contribution is -2.04. The first-order chi connectivity index (χ1) is 10.3. The quantitative estimate of drug-likeness (QED) is 0.673. The summed E-state index contributed by atoms with van der Waals surface area (Å²) in [6, 6.07) is 10.3. The predicted octanol–water partition coefficient (Wildman–Crippen LogP) is 3.78. The van der Waals surface area contributed by atoms with E-state index in [1.807, 2.05) is 19.1 Å². The highest BCUT2D eigenvalue weighted by Gasteiger charge is 2.20. The Bertz CT molecular complexity index is 807. The van der Waals surface area contributed by atoms with Crippen molar-refractivity contribution in [3.63, 3.8) is 0 Å². The largest absolute Gasteiger partial charge is 0.489 e. The zero-order valence-electron chi connectivity index (χ0n) is 12.5. The van der Waals surface area contributed by atoms with Gasteiger partial charge in [-0.1, -0.05) is 36.9 Å². The second-order valence-corrected chi connectivity index (χ2v) is 6.41. The first-order valence-electron chi connectivity index (χ1n) is 6.76. The summed E-state index contributed by atoms with van der Waals surface area (Å²) in [6.45, 7) is 7.64. The third kappa shape index (κ3) is 3.37. The third-order valence-electron chi connectivity index (χ3n) is 3.28. The molecule has 2 aromatic carbocycles. The van der Waals surface area contributed by atoms with E-state index in [4.69, 9.17) is 4.74 Å². The summed E-state index contributed by atoms with van der Waals surface area (Å²) < 4.78 is 38.5. The molecule has 22 heavy (non-hydrogen) atoms. The molecule has 2 rings (SSSR count). The summed E-state index contributed by atoms with van der Waals surface area (Å²) in [5, 5.41) is 0. The lowest BCUT2D eigenvalue weighted by Gasteiger charge is -2.16. The van der Waals surface area contributed by atoms with E-state index in [1.165, 1.54) is 6.07 Å². The summed E-state index contributed by atoms with van der Waals surface area (Å²) in [5.41, 5.74) is 2.80. The van der Waals surface area contributed by atoms with Gasteiger partial charge in [0.25, 0.3) is 10.1 Å². The molecule has 0 saturated heterocycles.